The third-order valence-corrected chi connectivity index (χ3v) is 9.38. The Balaban J connectivity index is 1.34. The number of nitrogens with one attached hydrogen (secondary N) is 2. The largest absolute Gasteiger partial charge is 0.497 e. The molecule has 0 spiro atoms. The highest BCUT2D eigenvalue weighted by Crippen LogP contribution is 2.36. The predicted molar refractivity (Wildman–Crippen MR) is 179 cm³/mol. The molecule has 0 bridgehead atoms. The molecule has 9 nitrogen and oxygen atoms in total. The van der Waals surface area contributed by atoms with Crippen LogP contribution in [0.2, 0.25) is 0 Å². The molecule has 46 heavy (non-hydrogen) atoms. The number of anilines is 2. The fourth-order valence-corrected chi connectivity index (χ4v) is 6.84. The lowest BCUT2D eigenvalue weighted by atomic mass is 9.86. The highest BCUT2D eigenvalue weighted by Gasteiger charge is 2.28. The van der Waals surface area contributed by atoms with Gasteiger partial charge < -0.3 is 19.7 Å². The highest BCUT2D eigenvalue weighted by atomic mass is 32.2. The minimum atomic E-state index is -4.10. The van der Waals surface area contributed by atoms with Gasteiger partial charge in [0, 0.05) is 24.5 Å². The Bertz CT molecular complexity index is 1860. The first kappa shape index (κ1) is 32.3. The summed E-state index contributed by atoms with van der Waals surface area (Å²) in [5.74, 6) is 0.473. The number of fused-ring (bicyclic) bond motifs is 1. The number of amides is 2. The van der Waals surface area contributed by atoms with Crippen LogP contribution in [0, 0.1) is 0 Å². The van der Waals surface area contributed by atoms with E-state index in [0.717, 1.165) is 36.0 Å². The number of benzene rings is 4. The van der Waals surface area contributed by atoms with Crippen LogP contribution in [0.15, 0.2) is 102 Å². The molecule has 10 heteroatoms. The van der Waals surface area contributed by atoms with Crippen molar-refractivity contribution >= 4 is 39.3 Å². The molecule has 1 unspecified atom stereocenters. The van der Waals surface area contributed by atoms with Gasteiger partial charge in [0.2, 0.25) is 11.8 Å². The van der Waals surface area contributed by atoms with Crippen molar-refractivity contribution in [3.8, 4) is 11.5 Å². The van der Waals surface area contributed by atoms with Gasteiger partial charge in [0.25, 0.3) is 10.0 Å². The summed E-state index contributed by atoms with van der Waals surface area (Å²) >= 11 is 0. The molecule has 238 valence electrons. The van der Waals surface area contributed by atoms with E-state index in [1.165, 1.54) is 19.3 Å². The molecular formula is C36H37N3O6S. The van der Waals surface area contributed by atoms with E-state index in [0.29, 0.717) is 22.7 Å². The number of rotatable bonds is 11. The minimum absolute atomic E-state index is 0.0378. The summed E-state index contributed by atoms with van der Waals surface area (Å²) in [4.78, 5) is 27.4. The second-order valence-electron chi connectivity index (χ2n) is 11.1. The molecule has 0 aromatic heterocycles. The normalized spacial score (nSPS) is 14.3. The van der Waals surface area contributed by atoms with E-state index in [-0.39, 0.29) is 34.9 Å². The quantitative estimate of drug-likeness (QED) is 0.188. The molecule has 0 radical (unpaired) electrons. The van der Waals surface area contributed by atoms with Crippen molar-refractivity contribution in [3.63, 3.8) is 0 Å². The van der Waals surface area contributed by atoms with Gasteiger partial charge in [-0.1, -0.05) is 42.5 Å². The third kappa shape index (κ3) is 7.76. The van der Waals surface area contributed by atoms with Crippen molar-refractivity contribution in [3.05, 3.63) is 119 Å². The Morgan fingerprint density at radius 1 is 0.913 bits per heavy atom. The molecule has 0 heterocycles. The van der Waals surface area contributed by atoms with Crippen LogP contribution in [-0.2, 0) is 32.5 Å². The van der Waals surface area contributed by atoms with Crippen molar-refractivity contribution in [2.75, 3.05) is 31.3 Å². The Labute approximate surface area is 269 Å². The van der Waals surface area contributed by atoms with Crippen LogP contribution in [0.5, 0.6) is 11.5 Å². The number of ether oxygens (including phenoxy) is 2. The van der Waals surface area contributed by atoms with Crippen molar-refractivity contribution in [2.45, 2.75) is 36.6 Å². The summed E-state index contributed by atoms with van der Waals surface area (Å²) < 4.78 is 40.8. The maximum Gasteiger partial charge on any atom is 0.265 e. The molecule has 4 aromatic rings. The van der Waals surface area contributed by atoms with Gasteiger partial charge in [-0.25, -0.2) is 8.42 Å². The maximum atomic E-state index is 13.7. The van der Waals surface area contributed by atoms with Crippen LogP contribution in [0.4, 0.5) is 11.4 Å². The summed E-state index contributed by atoms with van der Waals surface area (Å²) in [5.41, 5.74) is 4.39. The van der Waals surface area contributed by atoms with Crippen molar-refractivity contribution < 1.29 is 27.5 Å². The van der Waals surface area contributed by atoms with Crippen LogP contribution < -0.4 is 19.5 Å². The van der Waals surface area contributed by atoms with Gasteiger partial charge in [-0.15, -0.1) is 0 Å². The smallest absolute Gasteiger partial charge is 0.265 e. The van der Waals surface area contributed by atoms with Crippen molar-refractivity contribution in [1.82, 2.24) is 4.90 Å². The number of aryl methyl sites for hydroxylation is 1. The standard InChI is InChI=1S/C36H37N3O6S/c1-39(36(41)23-26-9-7-13-30(21-26)44-2)32-14-8-10-27-17-18-29(24-31(27)32)38-46(42,43)34-22-25(15-19-33(34)45-3)16-20-35(40)37-28-11-5-4-6-12-28/h4-7,9,11-13,15-22,24,32,38H,8,10,14,23H2,1-3H3,(H,37,40)/b20-16+. The third-order valence-electron chi connectivity index (χ3n) is 7.98. The summed E-state index contributed by atoms with van der Waals surface area (Å²) in [5, 5.41) is 2.76. The molecule has 1 aliphatic rings. The van der Waals surface area contributed by atoms with Crippen LogP contribution in [0.3, 0.4) is 0 Å². The number of para-hydroxylation sites is 1. The lowest BCUT2D eigenvalue weighted by Crippen LogP contribution is -2.34. The number of carbonyl (C=O) groups is 2. The number of likely N-dealkylation sites (N-methyl/N-ethyl adjacent to an activating group) is 1. The lowest BCUT2D eigenvalue weighted by molar-refractivity contribution is -0.131. The summed E-state index contributed by atoms with van der Waals surface area (Å²) in [6.45, 7) is 0. The first-order chi connectivity index (χ1) is 22.2. The van der Waals surface area contributed by atoms with Crippen molar-refractivity contribution in [2.24, 2.45) is 0 Å². The molecule has 0 aliphatic heterocycles. The second kappa shape index (κ2) is 14.3. The van der Waals surface area contributed by atoms with E-state index in [1.807, 2.05) is 54.6 Å². The Morgan fingerprint density at radius 3 is 2.48 bits per heavy atom. The SMILES string of the molecule is COc1cccc(CC(=O)N(C)C2CCCc3ccc(NS(=O)(=O)c4cc(/C=C/C(=O)Nc5ccccc5)ccc4OC)cc32)c1. The first-order valence-corrected chi connectivity index (χ1v) is 16.4. The molecule has 1 aliphatic carbocycles. The van der Waals surface area contributed by atoms with E-state index in [4.69, 9.17) is 9.47 Å². The van der Waals surface area contributed by atoms with Crippen LogP contribution in [-0.4, -0.2) is 46.4 Å². The van der Waals surface area contributed by atoms with Crippen LogP contribution >= 0.6 is 0 Å². The van der Waals surface area contributed by atoms with Crippen LogP contribution in [0.1, 0.15) is 41.1 Å². The molecule has 5 rings (SSSR count). The number of hydrogen-bond donors (Lipinski definition) is 2. The molecule has 0 fully saturated rings. The Morgan fingerprint density at radius 2 is 1.72 bits per heavy atom. The highest BCUT2D eigenvalue weighted by molar-refractivity contribution is 7.92. The second-order valence-corrected chi connectivity index (χ2v) is 12.7. The molecule has 2 amide bonds. The van der Waals surface area contributed by atoms with Gasteiger partial charge in [-0.2, -0.15) is 0 Å². The zero-order valence-corrected chi connectivity index (χ0v) is 26.8. The number of hydrogen-bond acceptors (Lipinski definition) is 6. The summed E-state index contributed by atoms with van der Waals surface area (Å²) in [6.07, 6.45) is 5.64. The molecular weight excluding hydrogens is 602 g/mol. The summed E-state index contributed by atoms with van der Waals surface area (Å²) in [6, 6.07) is 26.4. The summed E-state index contributed by atoms with van der Waals surface area (Å²) in [7, 11) is 0.694. The van der Waals surface area contributed by atoms with Gasteiger partial charge >= 0.3 is 0 Å². The average Bonchev–Trinajstić information content (AvgIpc) is 3.07. The lowest BCUT2D eigenvalue weighted by Gasteiger charge is -2.34. The van der Waals surface area contributed by atoms with E-state index in [9.17, 15) is 18.0 Å². The first-order valence-electron chi connectivity index (χ1n) is 14.9. The van der Waals surface area contributed by atoms with Crippen LogP contribution in [0.25, 0.3) is 6.08 Å². The molecule has 4 aromatic carbocycles. The number of sulfonamides is 1. The van der Waals surface area contributed by atoms with Gasteiger partial charge in [-0.3, -0.25) is 14.3 Å². The minimum Gasteiger partial charge on any atom is -0.497 e. The molecule has 1 atom stereocenters. The maximum absolute atomic E-state index is 13.7. The average molecular weight is 640 g/mol. The fraction of sp³-hybridized carbons (Fsp3) is 0.222. The topological polar surface area (TPSA) is 114 Å². The van der Waals surface area contributed by atoms with E-state index in [2.05, 4.69) is 10.0 Å². The van der Waals surface area contributed by atoms with E-state index >= 15 is 0 Å². The zero-order chi connectivity index (χ0) is 32.7. The number of nitrogens with zero attached hydrogens (tertiary/aromatic N) is 1. The zero-order valence-electron chi connectivity index (χ0n) is 26.0. The Hall–Kier alpha value is -5.09. The Kier molecular flexibility index (Phi) is 10.1. The van der Waals surface area contributed by atoms with Gasteiger partial charge in [0.15, 0.2) is 0 Å². The van der Waals surface area contributed by atoms with Crippen molar-refractivity contribution in [1.29, 1.82) is 0 Å². The molecule has 0 saturated heterocycles. The predicted octanol–water partition coefficient (Wildman–Crippen LogP) is 6.24. The number of methoxy groups -OCH3 is 2. The van der Waals surface area contributed by atoms with E-state index < -0.39 is 10.0 Å². The monoisotopic (exact) mass is 639 g/mol. The van der Waals surface area contributed by atoms with Gasteiger partial charge in [0.1, 0.15) is 16.4 Å². The van der Waals surface area contributed by atoms with E-state index in [1.54, 1.807) is 55.5 Å². The number of carbonyl (C=O) groups excluding carboxylic acids is 2. The van der Waals surface area contributed by atoms with Gasteiger partial charge in [0.05, 0.1) is 26.7 Å². The molecule has 0 saturated carbocycles. The van der Waals surface area contributed by atoms with Gasteiger partial charge in [-0.05, 0) is 96.1 Å². The molecule has 2 N–H and O–H groups in total. The fourth-order valence-electron chi connectivity index (χ4n) is 5.59.